The Morgan fingerprint density at radius 1 is 0.661 bits per heavy atom. The monoisotopic (exact) mass is 789 g/mol. The molecule has 6 N–H and O–H groups in total. The molecule has 4 aromatic rings. The van der Waals surface area contributed by atoms with E-state index in [1.807, 2.05) is 0 Å². The number of nitrogens with zero attached hydrogens (tertiary/aromatic N) is 2. The molecule has 4 aromatic carbocycles. The molecular weight excluding hydrogens is 764 g/mol. The Morgan fingerprint density at radius 2 is 1.18 bits per heavy atom. The van der Waals surface area contributed by atoms with Crippen molar-refractivity contribution < 1.29 is 101 Å². The number of carbonyl (C=O) groups excluding carboxylic acids is 5. The van der Waals surface area contributed by atoms with E-state index in [1.165, 1.54) is 72.8 Å². The number of aliphatic carboxylic acids is 1. The number of Topliss-reactive ketones (excluding diaryl/α,β-unsaturated/α-hetero) is 1. The van der Waals surface area contributed by atoms with Crippen LogP contribution in [0.2, 0.25) is 0 Å². The van der Waals surface area contributed by atoms with Gasteiger partial charge in [0, 0.05) is 39.3 Å². The van der Waals surface area contributed by atoms with Gasteiger partial charge in [-0.3, -0.25) is 30.0 Å². The topological polar surface area (TPSA) is 264 Å². The van der Waals surface area contributed by atoms with Gasteiger partial charge in [-0.25, -0.2) is 8.42 Å². The van der Waals surface area contributed by atoms with Gasteiger partial charge in [0.1, 0.15) is 15.8 Å². The zero-order valence-corrected chi connectivity index (χ0v) is 34.3. The van der Waals surface area contributed by atoms with E-state index in [0.717, 1.165) is 18.2 Å². The van der Waals surface area contributed by atoms with Crippen molar-refractivity contribution in [2.75, 3.05) is 27.2 Å². The van der Waals surface area contributed by atoms with Crippen LogP contribution in [0.5, 0.6) is 0 Å². The number of benzene rings is 4. The molecule has 270 valence electrons. The number of anilines is 5. The van der Waals surface area contributed by atoms with E-state index >= 15 is 0 Å². The third-order valence-corrected chi connectivity index (χ3v) is 8.67. The van der Waals surface area contributed by atoms with Gasteiger partial charge in [0.05, 0.1) is 28.0 Å². The Hall–Kier alpha value is -5.50. The minimum atomic E-state index is -5.18. The molecular formula is C37H25N7Na2O9S. The Labute approximate surface area is 363 Å². The average molecular weight is 790 g/mol. The maximum absolute atomic E-state index is 13.4. The van der Waals surface area contributed by atoms with Crippen LogP contribution in [0.25, 0.3) is 6.08 Å². The Kier molecular flexibility index (Phi) is 14.2. The van der Waals surface area contributed by atoms with Crippen LogP contribution in [0.4, 0.5) is 28.4 Å². The number of hydrazone groups is 2. The Balaban J connectivity index is 0.00000348. The number of nitrogen functional groups attached to an aromatic ring is 1. The second-order valence-corrected chi connectivity index (χ2v) is 12.9. The number of allylic oxidation sites excluding steroid dienone is 4. The summed E-state index contributed by atoms with van der Waals surface area (Å²) in [6.45, 7) is 0. The van der Waals surface area contributed by atoms with E-state index in [2.05, 4.69) is 31.7 Å². The first-order valence-corrected chi connectivity index (χ1v) is 17.0. The molecule has 0 atom stereocenters. The van der Waals surface area contributed by atoms with Crippen LogP contribution in [0, 0.1) is 0 Å². The summed E-state index contributed by atoms with van der Waals surface area (Å²) < 4.78 is 36.6. The SMILES string of the molecule is Nc1ccc(C(=O)Nc2ccc3c(c2)C=C(S(=O)(=O)[O-])C(=NNc2ccc(NC(=O)c4ccc(NN=C5C=CC(=O)C(C(=O)[O-])=C5)cc4)cc2)C3=O)cc1.[Na+].[Na+]. The number of carboxylic acid groups (broad SMARTS) is 1. The molecule has 0 bridgehead atoms. The number of carbonyl (C=O) groups is 5. The van der Waals surface area contributed by atoms with E-state index in [4.69, 9.17) is 5.73 Å². The quantitative estimate of drug-likeness (QED) is 0.0268. The van der Waals surface area contributed by atoms with Crippen LogP contribution in [0.1, 0.15) is 36.6 Å². The molecule has 0 radical (unpaired) electrons. The van der Waals surface area contributed by atoms with Gasteiger partial charge in [0.2, 0.25) is 5.78 Å². The fourth-order valence-electron chi connectivity index (χ4n) is 5.07. The van der Waals surface area contributed by atoms with Crippen molar-refractivity contribution in [1.29, 1.82) is 0 Å². The fraction of sp³-hybridized carbons (Fsp3) is 0. The Morgan fingerprint density at radius 3 is 1.77 bits per heavy atom. The van der Waals surface area contributed by atoms with E-state index in [9.17, 15) is 42.0 Å². The number of ketones is 2. The average Bonchev–Trinajstić information content (AvgIpc) is 3.14. The molecule has 56 heavy (non-hydrogen) atoms. The van der Waals surface area contributed by atoms with Crippen molar-refractivity contribution >= 4 is 85.4 Å². The number of carboxylic acids is 1. The summed E-state index contributed by atoms with van der Waals surface area (Å²) in [5, 5.41) is 24.4. The van der Waals surface area contributed by atoms with E-state index in [0.29, 0.717) is 28.3 Å². The first kappa shape index (κ1) is 43.2. The van der Waals surface area contributed by atoms with E-state index in [1.54, 1.807) is 24.3 Å². The molecule has 16 nitrogen and oxygen atoms in total. The molecule has 2 aliphatic rings. The normalized spacial score (nSPS) is 14.7. The van der Waals surface area contributed by atoms with E-state index < -0.39 is 55.7 Å². The van der Waals surface area contributed by atoms with Gasteiger partial charge in [-0.05, 0) is 121 Å². The zero-order valence-electron chi connectivity index (χ0n) is 29.5. The predicted molar refractivity (Wildman–Crippen MR) is 197 cm³/mol. The largest absolute Gasteiger partial charge is 1.00 e. The number of hydrogen-bond donors (Lipinski definition) is 5. The molecule has 0 aliphatic heterocycles. The van der Waals surface area contributed by atoms with Crippen LogP contribution >= 0.6 is 0 Å². The molecule has 2 aliphatic carbocycles. The predicted octanol–water partition coefficient (Wildman–Crippen LogP) is -3.08. The van der Waals surface area contributed by atoms with Crippen molar-refractivity contribution in [1.82, 2.24) is 0 Å². The number of amides is 2. The van der Waals surface area contributed by atoms with Gasteiger partial charge in [-0.15, -0.1) is 0 Å². The number of hydrogen-bond acceptors (Lipinski definition) is 14. The van der Waals surface area contributed by atoms with Gasteiger partial charge in [0.15, 0.2) is 5.78 Å². The van der Waals surface area contributed by atoms with Crippen molar-refractivity contribution in [3.63, 3.8) is 0 Å². The van der Waals surface area contributed by atoms with Gasteiger partial charge in [-0.2, -0.15) is 10.2 Å². The fourth-order valence-corrected chi connectivity index (χ4v) is 5.72. The minimum Gasteiger partial charge on any atom is -0.744 e. The van der Waals surface area contributed by atoms with Crippen molar-refractivity contribution in [2.24, 2.45) is 10.2 Å². The van der Waals surface area contributed by atoms with Crippen LogP contribution < -0.4 is 91.4 Å². The molecule has 19 heteroatoms. The van der Waals surface area contributed by atoms with Crippen LogP contribution in [0.3, 0.4) is 0 Å². The summed E-state index contributed by atoms with van der Waals surface area (Å²) in [6, 6.07) is 22.5. The van der Waals surface area contributed by atoms with Gasteiger partial charge in [0.25, 0.3) is 11.8 Å². The van der Waals surface area contributed by atoms with Crippen LogP contribution in [-0.4, -0.2) is 53.7 Å². The second kappa shape index (κ2) is 18.4. The summed E-state index contributed by atoms with van der Waals surface area (Å²) in [5.74, 6) is -4.09. The number of nitrogens with one attached hydrogen (secondary N) is 4. The molecule has 0 heterocycles. The molecule has 0 unspecified atom stereocenters. The molecule has 0 saturated heterocycles. The molecule has 2 amide bonds. The molecule has 6 rings (SSSR count). The minimum absolute atomic E-state index is 0. The summed E-state index contributed by atoms with van der Waals surface area (Å²) in [7, 11) is -5.18. The number of nitrogens with two attached hydrogens (primary N) is 1. The second-order valence-electron chi connectivity index (χ2n) is 11.5. The molecule has 0 fully saturated rings. The van der Waals surface area contributed by atoms with Crippen LogP contribution in [-0.2, 0) is 19.7 Å². The maximum Gasteiger partial charge on any atom is 1.00 e. The third-order valence-electron chi connectivity index (χ3n) is 7.82. The smallest absolute Gasteiger partial charge is 0.744 e. The summed E-state index contributed by atoms with van der Waals surface area (Å²) in [5.41, 5.74) is 12.5. The van der Waals surface area contributed by atoms with Crippen molar-refractivity contribution in [2.45, 2.75) is 0 Å². The van der Waals surface area contributed by atoms with Crippen molar-refractivity contribution in [3.8, 4) is 0 Å². The summed E-state index contributed by atoms with van der Waals surface area (Å²) in [6.07, 6.45) is 4.48. The third kappa shape index (κ3) is 10.4. The first-order chi connectivity index (χ1) is 25.7. The van der Waals surface area contributed by atoms with Crippen molar-refractivity contribution in [3.05, 3.63) is 142 Å². The molecule has 0 aromatic heterocycles. The van der Waals surface area contributed by atoms with Crippen LogP contribution in [0.15, 0.2) is 130 Å². The summed E-state index contributed by atoms with van der Waals surface area (Å²) >= 11 is 0. The maximum atomic E-state index is 13.4. The molecule has 0 spiro atoms. The number of rotatable bonds is 10. The first-order valence-electron chi connectivity index (χ1n) is 15.6. The van der Waals surface area contributed by atoms with Gasteiger partial charge < -0.3 is 30.8 Å². The molecule has 0 saturated carbocycles. The number of fused-ring (bicyclic) bond motifs is 1. The van der Waals surface area contributed by atoms with E-state index in [-0.39, 0.29) is 87.2 Å². The van der Waals surface area contributed by atoms with Gasteiger partial charge >= 0.3 is 59.1 Å². The van der Waals surface area contributed by atoms with Gasteiger partial charge in [-0.1, -0.05) is 0 Å². The zero-order chi connectivity index (χ0) is 38.6. The Bertz CT molecular complexity index is 2520. The standard InChI is InChI=1S/C37H27N7O9S.2Na/c38-23-5-1-20(2-6-23)36(48)40-27-13-15-29-22(17-27)18-32(54(51,52)53)33(34(29)46)44-42-26-11-9-24(10-12-26)39-35(47)21-3-7-25(8-4-21)41-43-28-14-16-31(45)30(19-28)37(49)50;;/h1-19,41-42H,38H2,(H,39,47)(H,40,48)(H,49,50)(H,51,52,53);;/q;2*+1/p-2. The summed E-state index contributed by atoms with van der Waals surface area (Å²) in [4.78, 5) is 60.6.